The quantitative estimate of drug-likeness (QED) is 0.502. The molecule has 0 aliphatic rings. The molecule has 0 unspecified atom stereocenters. The van der Waals surface area contributed by atoms with E-state index in [1.807, 2.05) is 71.0 Å². The summed E-state index contributed by atoms with van der Waals surface area (Å²) in [6, 6.07) is 13.2. The Labute approximate surface area is 169 Å². The number of nitrogens with one attached hydrogen (secondary N) is 1. The van der Waals surface area contributed by atoms with E-state index < -0.39 is 5.25 Å². The lowest BCUT2D eigenvalue weighted by Crippen LogP contribution is -2.28. The molecule has 0 aliphatic heterocycles. The number of rotatable bonds is 5. The van der Waals surface area contributed by atoms with Gasteiger partial charge in [-0.1, -0.05) is 36.0 Å². The van der Waals surface area contributed by atoms with Crippen LogP contribution in [0.15, 0.2) is 52.4 Å². The van der Waals surface area contributed by atoms with E-state index in [-0.39, 0.29) is 17.5 Å². The molecule has 0 radical (unpaired) electrons. The van der Waals surface area contributed by atoms with E-state index in [4.69, 9.17) is 0 Å². The topological polar surface area (TPSA) is 64.0 Å². The smallest absolute Gasteiger partial charge is 0.262 e. The fourth-order valence-electron chi connectivity index (χ4n) is 2.98. The highest BCUT2D eigenvalue weighted by Crippen LogP contribution is 2.26. The monoisotopic (exact) mass is 395 g/mol. The zero-order chi connectivity index (χ0) is 20.4. The second kappa shape index (κ2) is 8.19. The average molecular weight is 396 g/mol. The maximum atomic E-state index is 12.9. The molecule has 1 aromatic heterocycles. The van der Waals surface area contributed by atoms with Crippen molar-refractivity contribution in [2.75, 3.05) is 5.32 Å². The van der Waals surface area contributed by atoms with Crippen molar-refractivity contribution in [3.63, 3.8) is 0 Å². The zero-order valence-corrected chi connectivity index (χ0v) is 17.6. The van der Waals surface area contributed by atoms with Crippen LogP contribution in [-0.4, -0.2) is 20.7 Å². The van der Waals surface area contributed by atoms with E-state index >= 15 is 0 Å². The number of carbonyl (C=O) groups excluding carboxylic acids is 1. The lowest BCUT2D eigenvalue weighted by Gasteiger charge is -2.19. The number of anilines is 1. The van der Waals surface area contributed by atoms with Crippen LogP contribution in [0.25, 0.3) is 10.9 Å². The van der Waals surface area contributed by atoms with Crippen molar-refractivity contribution in [1.29, 1.82) is 0 Å². The lowest BCUT2D eigenvalue weighted by molar-refractivity contribution is -0.115. The molecule has 0 fully saturated rings. The van der Waals surface area contributed by atoms with E-state index in [0.717, 1.165) is 16.8 Å². The number of hydrogen-bond acceptors (Lipinski definition) is 4. The van der Waals surface area contributed by atoms with Gasteiger partial charge in [-0.3, -0.25) is 14.2 Å². The Hall–Kier alpha value is -2.60. The molecule has 2 aromatic carbocycles. The third-order valence-electron chi connectivity index (χ3n) is 4.59. The van der Waals surface area contributed by atoms with Gasteiger partial charge in [0.05, 0.1) is 16.2 Å². The van der Waals surface area contributed by atoms with E-state index in [1.165, 1.54) is 11.8 Å². The number of fused-ring (bicyclic) bond motifs is 1. The van der Waals surface area contributed by atoms with Crippen molar-refractivity contribution in [3.8, 4) is 0 Å². The molecule has 1 N–H and O–H groups in total. The molecule has 1 amide bonds. The summed E-state index contributed by atoms with van der Waals surface area (Å²) in [5, 5.41) is 3.74. The highest BCUT2D eigenvalue weighted by atomic mass is 32.2. The number of aromatic nitrogens is 2. The van der Waals surface area contributed by atoms with Gasteiger partial charge in [-0.15, -0.1) is 0 Å². The SMILES string of the molecule is Cc1ccc(C)c(NC(=O)[C@H](C)Sc2nc3ccccc3c(=O)n2C(C)C)c1. The normalized spacial score (nSPS) is 12.4. The Morgan fingerprint density at radius 3 is 2.54 bits per heavy atom. The Morgan fingerprint density at radius 1 is 1.11 bits per heavy atom. The van der Waals surface area contributed by atoms with E-state index in [1.54, 1.807) is 10.6 Å². The molecule has 3 rings (SSSR count). The van der Waals surface area contributed by atoms with Crippen LogP contribution >= 0.6 is 11.8 Å². The molecule has 3 aromatic rings. The Morgan fingerprint density at radius 2 is 1.82 bits per heavy atom. The van der Waals surface area contributed by atoms with Crippen LogP contribution in [-0.2, 0) is 4.79 Å². The first kappa shape index (κ1) is 20.1. The van der Waals surface area contributed by atoms with Gasteiger partial charge in [-0.05, 0) is 63.9 Å². The minimum atomic E-state index is -0.405. The van der Waals surface area contributed by atoms with Gasteiger partial charge in [-0.2, -0.15) is 0 Å². The second-order valence-electron chi connectivity index (χ2n) is 7.25. The minimum Gasteiger partial charge on any atom is -0.325 e. The molecule has 5 nitrogen and oxygen atoms in total. The molecule has 6 heteroatoms. The van der Waals surface area contributed by atoms with Gasteiger partial charge in [-0.25, -0.2) is 4.98 Å². The summed E-state index contributed by atoms with van der Waals surface area (Å²) < 4.78 is 1.66. The fraction of sp³-hybridized carbons (Fsp3) is 0.318. The van der Waals surface area contributed by atoms with Gasteiger partial charge in [0.25, 0.3) is 5.56 Å². The van der Waals surface area contributed by atoms with Crippen molar-refractivity contribution in [2.45, 2.75) is 51.1 Å². The highest BCUT2D eigenvalue weighted by molar-refractivity contribution is 8.00. The summed E-state index contributed by atoms with van der Waals surface area (Å²) in [7, 11) is 0. The number of thioether (sulfide) groups is 1. The van der Waals surface area contributed by atoms with Gasteiger partial charge in [0.15, 0.2) is 5.16 Å². The Balaban J connectivity index is 1.91. The van der Waals surface area contributed by atoms with Crippen LogP contribution < -0.4 is 10.9 Å². The number of carbonyl (C=O) groups is 1. The van der Waals surface area contributed by atoms with Crippen molar-refractivity contribution in [1.82, 2.24) is 9.55 Å². The van der Waals surface area contributed by atoms with Crippen LogP contribution in [0, 0.1) is 13.8 Å². The first-order valence-electron chi connectivity index (χ1n) is 9.34. The maximum absolute atomic E-state index is 12.9. The van der Waals surface area contributed by atoms with Crippen molar-refractivity contribution >= 4 is 34.3 Å². The summed E-state index contributed by atoms with van der Waals surface area (Å²) in [6.07, 6.45) is 0. The molecule has 0 saturated carbocycles. The molecule has 0 saturated heterocycles. The van der Waals surface area contributed by atoms with Crippen LogP contribution in [0.2, 0.25) is 0 Å². The average Bonchev–Trinajstić information content (AvgIpc) is 2.64. The Kier molecular flexibility index (Phi) is 5.89. The summed E-state index contributed by atoms with van der Waals surface area (Å²) >= 11 is 1.30. The van der Waals surface area contributed by atoms with Crippen molar-refractivity contribution < 1.29 is 4.79 Å². The van der Waals surface area contributed by atoms with Gasteiger partial charge in [0, 0.05) is 11.7 Å². The van der Waals surface area contributed by atoms with Gasteiger partial charge >= 0.3 is 0 Å². The van der Waals surface area contributed by atoms with Crippen LogP contribution in [0.1, 0.15) is 37.9 Å². The first-order valence-corrected chi connectivity index (χ1v) is 10.2. The predicted molar refractivity (Wildman–Crippen MR) is 116 cm³/mol. The molecule has 28 heavy (non-hydrogen) atoms. The lowest BCUT2D eigenvalue weighted by atomic mass is 10.1. The number of para-hydroxylation sites is 1. The highest BCUT2D eigenvalue weighted by Gasteiger charge is 2.21. The number of nitrogens with zero attached hydrogens (tertiary/aromatic N) is 2. The number of amides is 1. The molecule has 0 aliphatic carbocycles. The summed E-state index contributed by atoms with van der Waals surface area (Å²) in [5.74, 6) is -0.114. The van der Waals surface area contributed by atoms with Gasteiger partial charge in [0.2, 0.25) is 5.91 Å². The van der Waals surface area contributed by atoms with Crippen LogP contribution in [0.3, 0.4) is 0 Å². The van der Waals surface area contributed by atoms with Crippen LogP contribution in [0.5, 0.6) is 0 Å². The molecular weight excluding hydrogens is 370 g/mol. The predicted octanol–water partition coefficient (Wildman–Crippen LogP) is 4.71. The standard InChI is InChI=1S/C22H25N3O2S/c1-13(2)25-21(27)17-8-6-7-9-18(17)24-22(25)28-16(5)20(26)23-19-12-14(3)10-11-15(19)4/h6-13,16H,1-5H3,(H,23,26)/t16-/m0/s1. The largest absolute Gasteiger partial charge is 0.325 e. The third-order valence-corrected chi connectivity index (χ3v) is 5.66. The van der Waals surface area contributed by atoms with Crippen molar-refractivity contribution in [3.05, 3.63) is 63.9 Å². The first-order chi connectivity index (χ1) is 13.3. The molecular formula is C22H25N3O2S. The molecule has 146 valence electrons. The number of hydrogen-bond donors (Lipinski definition) is 1. The molecule has 0 bridgehead atoms. The fourth-order valence-corrected chi connectivity index (χ4v) is 4.02. The van der Waals surface area contributed by atoms with Crippen LogP contribution in [0.4, 0.5) is 5.69 Å². The summed E-state index contributed by atoms with van der Waals surface area (Å²) in [6.45, 7) is 9.68. The number of benzene rings is 2. The van der Waals surface area contributed by atoms with Gasteiger partial charge in [0.1, 0.15) is 0 Å². The second-order valence-corrected chi connectivity index (χ2v) is 8.56. The van der Waals surface area contributed by atoms with Gasteiger partial charge < -0.3 is 5.32 Å². The maximum Gasteiger partial charge on any atom is 0.262 e. The number of aryl methyl sites for hydroxylation is 2. The third kappa shape index (κ3) is 4.12. The van der Waals surface area contributed by atoms with E-state index in [9.17, 15) is 9.59 Å². The van der Waals surface area contributed by atoms with E-state index in [0.29, 0.717) is 16.1 Å². The molecule has 1 heterocycles. The molecule has 1 atom stereocenters. The summed E-state index contributed by atoms with van der Waals surface area (Å²) in [4.78, 5) is 30.4. The zero-order valence-electron chi connectivity index (χ0n) is 16.8. The Bertz CT molecular complexity index is 1090. The van der Waals surface area contributed by atoms with Crippen molar-refractivity contribution in [2.24, 2.45) is 0 Å². The summed E-state index contributed by atoms with van der Waals surface area (Å²) in [5.41, 5.74) is 3.48. The minimum absolute atomic E-state index is 0.0543. The molecule has 0 spiro atoms. The van der Waals surface area contributed by atoms with E-state index in [2.05, 4.69) is 10.3 Å².